The lowest BCUT2D eigenvalue weighted by atomic mass is 10.0. The first-order chi connectivity index (χ1) is 16.9. The Kier molecular flexibility index (Phi) is 9.49. The fourth-order valence-corrected chi connectivity index (χ4v) is 3.98. The molecule has 37 heavy (non-hydrogen) atoms. The summed E-state index contributed by atoms with van der Waals surface area (Å²) in [6.07, 6.45) is -14.9. The Morgan fingerprint density at radius 3 is 2.35 bits per heavy atom. The van der Waals surface area contributed by atoms with Crippen LogP contribution in [0.5, 0.6) is 0 Å². The van der Waals surface area contributed by atoms with Crippen molar-refractivity contribution in [1.29, 1.82) is 0 Å². The van der Waals surface area contributed by atoms with Crippen molar-refractivity contribution < 1.29 is 55.0 Å². The van der Waals surface area contributed by atoms with E-state index in [4.69, 9.17) is 9.47 Å². The number of carbonyl (C=O) groups is 1. The molecule has 0 saturated heterocycles. The standard InChI is InChI=1S/C18H25F6N6O6P/c1-10(2)4-5-35-15(31)27-13-12-14(26-9-25-13)30(29-28-12)6-11(3)36-8-16(18(22,23)24,37(32,33)34)7-17(19,20)21/h9-11H,4-8H2,1-3H3,(H2,32,33,34)(H,25,26,27,31)/t11?,16-/m1/s1. The second-order valence-corrected chi connectivity index (χ2v) is 10.5. The van der Waals surface area contributed by atoms with E-state index in [0.29, 0.717) is 12.3 Å². The van der Waals surface area contributed by atoms with Crippen molar-refractivity contribution in [2.75, 3.05) is 18.5 Å². The third-order valence-electron chi connectivity index (χ3n) is 5.06. The molecule has 0 aromatic carbocycles. The number of ether oxygens (including phenoxy) is 2. The van der Waals surface area contributed by atoms with Crippen LogP contribution in [0.25, 0.3) is 11.2 Å². The van der Waals surface area contributed by atoms with E-state index in [1.165, 1.54) is 0 Å². The predicted octanol–water partition coefficient (Wildman–Crippen LogP) is 3.65. The van der Waals surface area contributed by atoms with Crippen molar-refractivity contribution in [2.24, 2.45) is 5.92 Å². The molecule has 0 fully saturated rings. The number of aromatic nitrogens is 5. The van der Waals surface area contributed by atoms with Gasteiger partial charge in [0.1, 0.15) is 6.33 Å². The van der Waals surface area contributed by atoms with Gasteiger partial charge in [0, 0.05) is 0 Å². The molecule has 3 N–H and O–H groups in total. The lowest BCUT2D eigenvalue weighted by Gasteiger charge is -2.36. The number of nitrogens with one attached hydrogen (secondary N) is 1. The highest BCUT2D eigenvalue weighted by Crippen LogP contribution is 2.62. The quantitative estimate of drug-likeness (QED) is 0.270. The maximum absolute atomic E-state index is 13.5. The summed E-state index contributed by atoms with van der Waals surface area (Å²) in [5.74, 6) is 0.196. The maximum Gasteiger partial charge on any atom is 0.412 e. The summed E-state index contributed by atoms with van der Waals surface area (Å²) in [7, 11) is -6.40. The zero-order valence-corrected chi connectivity index (χ0v) is 20.6. The highest BCUT2D eigenvalue weighted by atomic mass is 31.2. The Morgan fingerprint density at radius 2 is 1.81 bits per heavy atom. The van der Waals surface area contributed by atoms with Gasteiger partial charge in [-0.2, -0.15) is 26.3 Å². The summed E-state index contributed by atoms with van der Waals surface area (Å²) in [6, 6.07) is 0. The maximum atomic E-state index is 13.5. The van der Waals surface area contributed by atoms with Gasteiger partial charge in [0.2, 0.25) is 0 Å². The molecule has 2 atom stereocenters. The third-order valence-corrected chi connectivity index (χ3v) is 6.72. The molecule has 19 heteroatoms. The summed E-state index contributed by atoms with van der Waals surface area (Å²) in [5, 5.41) is 5.34. The van der Waals surface area contributed by atoms with Crippen LogP contribution in [-0.4, -0.2) is 77.7 Å². The molecule has 2 aromatic heterocycles. The van der Waals surface area contributed by atoms with E-state index in [1.54, 1.807) is 0 Å². The summed E-state index contributed by atoms with van der Waals surface area (Å²) in [5.41, 5.74) is -0.0530. The van der Waals surface area contributed by atoms with Crippen LogP contribution in [0.15, 0.2) is 6.33 Å². The van der Waals surface area contributed by atoms with Gasteiger partial charge in [-0.05, 0) is 19.3 Å². The lowest BCUT2D eigenvalue weighted by Crippen LogP contribution is -2.52. The van der Waals surface area contributed by atoms with Gasteiger partial charge in [-0.25, -0.2) is 19.4 Å². The molecule has 0 aliphatic carbocycles. The van der Waals surface area contributed by atoms with E-state index >= 15 is 0 Å². The topological polar surface area (TPSA) is 162 Å². The minimum Gasteiger partial charge on any atom is -0.449 e. The number of rotatable bonds is 11. The SMILES string of the molecule is CC(C)CCOC(=O)Nc1ncnc2c1nnn2CC(C)OC[C@](CC(F)(F)F)(C(F)(F)F)P(=O)(O)O. The van der Waals surface area contributed by atoms with E-state index in [-0.39, 0.29) is 23.6 Å². The zero-order valence-electron chi connectivity index (χ0n) is 19.7. The van der Waals surface area contributed by atoms with Gasteiger partial charge in [0.15, 0.2) is 22.1 Å². The van der Waals surface area contributed by atoms with Gasteiger partial charge in [-0.1, -0.05) is 19.1 Å². The Hall–Kier alpha value is -2.56. The van der Waals surface area contributed by atoms with E-state index in [0.717, 1.165) is 17.9 Å². The van der Waals surface area contributed by atoms with Crippen molar-refractivity contribution in [1.82, 2.24) is 25.0 Å². The Bertz CT molecular complexity index is 1120. The monoisotopic (exact) mass is 566 g/mol. The number of hydrogen-bond acceptors (Lipinski definition) is 8. The second-order valence-electron chi connectivity index (χ2n) is 8.60. The second kappa shape index (κ2) is 11.4. The Morgan fingerprint density at radius 1 is 1.16 bits per heavy atom. The first-order valence-electron chi connectivity index (χ1n) is 10.6. The van der Waals surface area contributed by atoms with Crippen molar-refractivity contribution in [3.63, 3.8) is 0 Å². The zero-order chi connectivity index (χ0) is 28.2. The van der Waals surface area contributed by atoms with Crippen LogP contribution in [0, 0.1) is 5.92 Å². The van der Waals surface area contributed by atoms with Gasteiger partial charge >= 0.3 is 26.0 Å². The Balaban J connectivity index is 2.18. The number of alkyl halides is 6. The highest BCUT2D eigenvalue weighted by Gasteiger charge is 2.69. The number of halogens is 6. The lowest BCUT2D eigenvalue weighted by molar-refractivity contribution is -0.224. The number of anilines is 1. The van der Waals surface area contributed by atoms with Crippen LogP contribution in [0.1, 0.15) is 33.6 Å². The number of carbonyl (C=O) groups excluding carboxylic acids is 1. The fraction of sp³-hybridized carbons (Fsp3) is 0.722. The van der Waals surface area contributed by atoms with Crippen molar-refractivity contribution >= 4 is 30.7 Å². The van der Waals surface area contributed by atoms with Gasteiger partial charge in [-0.3, -0.25) is 9.88 Å². The van der Waals surface area contributed by atoms with Crippen LogP contribution in [-0.2, 0) is 20.6 Å². The molecule has 0 radical (unpaired) electrons. The van der Waals surface area contributed by atoms with Crippen LogP contribution < -0.4 is 5.32 Å². The minimum absolute atomic E-state index is 0.0182. The molecule has 0 aliphatic rings. The van der Waals surface area contributed by atoms with Crippen molar-refractivity contribution in [2.45, 2.75) is 63.8 Å². The van der Waals surface area contributed by atoms with Crippen molar-refractivity contribution in [3.8, 4) is 0 Å². The number of hydrogen-bond donors (Lipinski definition) is 3. The average molecular weight is 566 g/mol. The normalized spacial score (nSPS) is 15.6. The molecule has 2 aromatic rings. The number of fused-ring (bicyclic) bond motifs is 1. The number of nitrogens with zero attached hydrogens (tertiary/aromatic N) is 5. The van der Waals surface area contributed by atoms with Crippen LogP contribution in [0.2, 0.25) is 0 Å². The van der Waals surface area contributed by atoms with E-state index < -0.39 is 56.9 Å². The first kappa shape index (κ1) is 30.7. The van der Waals surface area contributed by atoms with Crippen LogP contribution in [0.4, 0.5) is 37.0 Å². The van der Waals surface area contributed by atoms with E-state index in [2.05, 4.69) is 25.6 Å². The summed E-state index contributed by atoms with van der Waals surface area (Å²) < 4.78 is 102. The predicted molar refractivity (Wildman–Crippen MR) is 114 cm³/mol. The third kappa shape index (κ3) is 7.96. The molecule has 0 saturated carbocycles. The molecule has 0 aliphatic heterocycles. The van der Waals surface area contributed by atoms with Gasteiger partial charge in [0.05, 0.1) is 32.3 Å². The smallest absolute Gasteiger partial charge is 0.412 e. The summed E-state index contributed by atoms with van der Waals surface area (Å²) >= 11 is 0. The minimum atomic E-state index is -6.40. The molecule has 1 amide bonds. The Labute approximate surface area is 205 Å². The highest BCUT2D eigenvalue weighted by molar-refractivity contribution is 7.53. The largest absolute Gasteiger partial charge is 0.449 e. The molecule has 2 rings (SSSR count). The summed E-state index contributed by atoms with van der Waals surface area (Å²) in [4.78, 5) is 38.2. The van der Waals surface area contributed by atoms with Crippen LogP contribution in [0.3, 0.4) is 0 Å². The summed E-state index contributed by atoms with van der Waals surface area (Å²) in [6.45, 7) is 2.76. The van der Waals surface area contributed by atoms with Crippen molar-refractivity contribution in [3.05, 3.63) is 6.33 Å². The first-order valence-corrected chi connectivity index (χ1v) is 12.3. The molecule has 0 bridgehead atoms. The fourth-order valence-electron chi connectivity index (χ4n) is 3.02. The van der Waals surface area contributed by atoms with Crippen LogP contribution >= 0.6 is 7.60 Å². The molecule has 210 valence electrons. The van der Waals surface area contributed by atoms with E-state index in [1.807, 2.05) is 13.8 Å². The molecule has 1 unspecified atom stereocenters. The molecule has 2 heterocycles. The van der Waals surface area contributed by atoms with Gasteiger partial charge in [-0.15, -0.1) is 5.10 Å². The van der Waals surface area contributed by atoms with Gasteiger partial charge < -0.3 is 19.3 Å². The molecular weight excluding hydrogens is 541 g/mol. The molecule has 0 spiro atoms. The van der Waals surface area contributed by atoms with E-state index in [9.17, 15) is 45.5 Å². The number of amides is 1. The molecule has 12 nitrogen and oxygen atoms in total. The van der Waals surface area contributed by atoms with Gasteiger partial charge in [0.25, 0.3) is 0 Å². The average Bonchev–Trinajstić information content (AvgIpc) is 3.12. The molecular formula is C18H25F6N6O6P.